The van der Waals surface area contributed by atoms with E-state index in [0.717, 1.165) is 5.56 Å². The molecule has 7 nitrogen and oxygen atoms in total. The Labute approximate surface area is 130 Å². The van der Waals surface area contributed by atoms with Gasteiger partial charge in [0.15, 0.2) is 17.3 Å². The normalized spacial score (nSPS) is 10.8. The zero-order valence-corrected chi connectivity index (χ0v) is 11.8. The van der Waals surface area contributed by atoms with Crippen molar-refractivity contribution in [1.29, 1.82) is 0 Å². The molecule has 113 valence electrons. The highest BCUT2D eigenvalue weighted by Crippen LogP contribution is 2.42. The molecule has 0 atom stereocenters. The van der Waals surface area contributed by atoms with E-state index in [4.69, 9.17) is 18.3 Å². The van der Waals surface area contributed by atoms with E-state index in [9.17, 15) is 0 Å². The maximum absolute atomic E-state index is 5.32. The Bertz CT molecular complexity index is 842. The van der Waals surface area contributed by atoms with Crippen LogP contribution in [0.2, 0.25) is 0 Å². The smallest absolute Gasteiger partial charge is 0.170 e. The van der Waals surface area contributed by atoms with Gasteiger partial charge in [0, 0.05) is 23.8 Å². The molecule has 0 bridgehead atoms. The molecule has 4 aromatic rings. The van der Waals surface area contributed by atoms with Gasteiger partial charge in [0.1, 0.15) is 12.9 Å². The van der Waals surface area contributed by atoms with E-state index in [0.29, 0.717) is 34.2 Å². The number of hydrogen-bond donors (Lipinski definition) is 0. The summed E-state index contributed by atoms with van der Waals surface area (Å²) in [6, 6.07) is 8.91. The van der Waals surface area contributed by atoms with Gasteiger partial charge in [-0.05, 0) is 12.1 Å². The summed E-state index contributed by atoms with van der Waals surface area (Å²) in [7, 11) is 3.53. The fourth-order valence-corrected chi connectivity index (χ4v) is 2.37. The molecular weight excluding hydrogens is 298 g/mol. The highest BCUT2D eigenvalue weighted by atomic mass is 16.5. The van der Waals surface area contributed by atoms with Crippen molar-refractivity contribution in [1.82, 2.24) is 15.5 Å². The molecule has 1 radical (unpaired) electrons. The van der Waals surface area contributed by atoms with Crippen LogP contribution in [0.3, 0.4) is 0 Å². The number of nitrogens with zero attached hydrogens (tertiary/aromatic N) is 3. The largest absolute Gasteiger partial charge is 0.488 e. The summed E-state index contributed by atoms with van der Waals surface area (Å²) in [6.45, 7) is 0. The molecule has 0 fully saturated rings. The SMILES string of the molecule is [CH2]Oc1c(-c2ccno2)cc(-c2ccno2)cc1-c1ccno1. The molecular formula is C16H10N3O4. The number of benzene rings is 1. The monoisotopic (exact) mass is 308 g/mol. The van der Waals surface area contributed by atoms with Crippen LogP contribution in [-0.2, 0) is 0 Å². The standard InChI is InChI=1S/C16H10N3O4/c1-20-16-11(14-3-6-18-22-14)8-10(13-2-5-17-21-13)9-12(16)15-4-7-19-23-15/h2-9H,1H2. The van der Waals surface area contributed by atoms with E-state index in [-0.39, 0.29) is 0 Å². The lowest BCUT2D eigenvalue weighted by molar-refractivity contribution is 0.420. The Morgan fingerprint density at radius 3 is 1.61 bits per heavy atom. The zero-order valence-electron chi connectivity index (χ0n) is 11.8. The lowest BCUT2D eigenvalue weighted by Gasteiger charge is -2.12. The van der Waals surface area contributed by atoms with E-state index >= 15 is 0 Å². The van der Waals surface area contributed by atoms with Gasteiger partial charge in [-0.2, -0.15) is 0 Å². The number of hydrogen-bond acceptors (Lipinski definition) is 7. The van der Waals surface area contributed by atoms with E-state index in [2.05, 4.69) is 22.6 Å². The first-order valence-corrected chi connectivity index (χ1v) is 6.70. The van der Waals surface area contributed by atoms with Crippen molar-refractivity contribution >= 4 is 0 Å². The van der Waals surface area contributed by atoms with Crippen LogP contribution < -0.4 is 4.74 Å². The molecule has 4 rings (SSSR count). The third-order valence-corrected chi connectivity index (χ3v) is 3.36. The molecule has 0 spiro atoms. The van der Waals surface area contributed by atoms with Crippen LogP contribution in [0.15, 0.2) is 62.5 Å². The Morgan fingerprint density at radius 2 is 1.22 bits per heavy atom. The van der Waals surface area contributed by atoms with Crippen LogP contribution in [0, 0.1) is 7.11 Å². The first-order chi connectivity index (χ1) is 11.4. The molecule has 0 saturated heterocycles. The van der Waals surface area contributed by atoms with Crippen molar-refractivity contribution in [2.75, 3.05) is 0 Å². The van der Waals surface area contributed by atoms with Gasteiger partial charge in [-0.25, -0.2) is 0 Å². The van der Waals surface area contributed by atoms with Gasteiger partial charge in [-0.1, -0.05) is 15.5 Å². The highest BCUT2D eigenvalue weighted by Gasteiger charge is 2.20. The van der Waals surface area contributed by atoms with Crippen molar-refractivity contribution in [2.45, 2.75) is 0 Å². The molecule has 0 N–H and O–H groups in total. The van der Waals surface area contributed by atoms with Crippen molar-refractivity contribution < 1.29 is 18.3 Å². The molecule has 3 heterocycles. The van der Waals surface area contributed by atoms with Crippen LogP contribution in [0.25, 0.3) is 34.0 Å². The molecule has 7 heteroatoms. The fourth-order valence-electron chi connectivity index (χ4n) is 2.37. The maximum Gasteiger partial charge on any atom is 0.170 e. The first kappa shape index (κ1) is 13.3. The van der Waals surface area contributed by atoms with E-state index in [1.54, 1.807) is 36.8 Å². The van der Waals surface area contributed by atoms with Crippen LogP contribution in [0.4, 0.5) is 0 Å². The predicted octanol–water partition coefficient (Wildman–Crippen LogP) is 3.82. The number of rotatable bonds is 4. The highest BCUT2D eigenvalue weighted by molar-refractivity contribution is 5.84. The van der Waals surface area contributed by atoms with Gasteiger partial charge in [0.2, 0.25) is 0 Å². The second-order valence-electron chi connectivity index (χ2n) is 4.67. The predicted molar refractivity (Wildman–Crippen MR) is 78.9 cm³/mol. The van der Waals surface area contributed by atoms with Crippen molar-refractivity contribution in [3.8, 4) is 39.7 Å². The van der Waals surface area contributed by atoms with Gasteiger partial charge in [0.05, 0.1) is 29.7 Å². The molecule has 1 aromatic carbocycles. The molecule has 0 aliphatic rings. The van der Waals surface area contributed by atoms with Gasteiger partial charge < -0.3 is 18.3 Å². The minimum absolute atomic E-state index is 0.488. The fraction of sp³-hybridized carbons (Fsp3) is 0. The first-order valence-electron chi connectivity index (χ1n) is 6.70. The summed E-state index contributed by atoms with van der Waals surface area (Å²) in [5.41, 5.74) is 2.11. The second-order valence-corrected chi connectivity index (χ2v) is 4.67. The number of ether oxygens (including phenoxy) is 1. The topological polar surface area (TPSA) is 87.3 Å². The Morgan fingerprint density at radius 1 is 0.739 bits per heavy atom. The van der Waals surface area contributed by atoms with E-state index < -0.39 is 0 Å². The minimum Gasteiger partial charge on any atom is -0.488 e. The van der Waals surface area contributed by atoms with Gasteiger partial charge in [-0.3, -0.25) is 0 Å². The van der Waals surface area contributed by atoms with Gasteiger partial charge in [-0.15, -0.1) is 0 Å². The molecule has 23 heavy (non-hydrogen) atoms. The molecule has 0 aliphatic heterocycles. The average Bonchev–Trinajstić information content (AvgIpc) is 3.37. The van der Waals surface area contributed by atoms with Crippen molar-refractivity contribution in [3.63, 3.8) is 0 Å². The van der Waals surface area contributed by atoms with Crippen LogP contribution in [-0.4, -0.2) is 15.5 Å². The molecule has 0 amide bonds. The van der Waals surface area contributed by atoms with Crippen molar-refractivity contribution in [3.05, 3.63) is 56.0 Å². The molecule has 0 unspecified atom stereocenters. The Hall–Kier alpha value is -3.35. The third kappa shape index (κ3) is 2.28. The summed E-state index contributed by atoms with van der Waals surface area (Å²) in [6.07, 6.45) is 4.68. The maximum atomic E-state index is 5.32. The quantitative estimate of drug-likeness (QED) is 0.566. The van der Waals surface area contributed by atoms with Gasteiger partial charge >= 0.3 is 0 Å². The van der Waals surface area contributed by atoms with Crippen LogP contribution in [0.1, 0.15) is 0 Å². The summed E-state index contributed by atoms with van der Waals surface area (Å²) in [5.74, 6) is 2.15. The van der Waals surface area contributed by atoms with E-state index in [1.165, 1.54) is 0 Å². The van der Waals surface area contributed by atoms with Crippen LogP contribution >= 0.6 is 0 Å². The second kappa shape index (κ2) is 5.45. The zero-order chi connectivity index (χ0) is 15.6. The lowest BCUT2D eigenvalue weighted by Crippen LogP contribution is -1.91. The van der Waals surface area contributed by atoms with E-state index in [1.807, 2.05) is 12.1 Å². The third-order valence-electron chi connectivity index (χ3n) is 3.36. The number of aromatic nitrogens is 3. The minimum atomic E-state index is 0.488. The van der Waals surface area contributed by atoms with Crippen LogP contribution in [0.5, 0.6) is 5.75 Å². The molecule has 0 aliphatic carbocycles. The van der Waals surface area contributed by atoms with Gasteiger partial charge in [0.25, 0.3) is 0 Å². The summed E-state index contributed by atoms with van der Waals surface area (Å²) >= 11 is 0. The molecule has 3 aromatic heterocycles. The Balaban J connectivity index is 2.01. The van der Waals surface area contributed by atoms with Crippen molar-refractivity contribution in [2.24, 2.45) is 0 Å². The molecule has 0 saturated carbocycles. The summed E-state index contributed by atoms with van der Waals surface area (Å²) in [5, 5.41) is 11.2. The average molecular weight is 308 g/mol. The summed E-state index contributed by atoms with van der Waals surface area (Å²) < 4.78 is 21.1. The Kier molecular flexibility index (Phi) is 3.16. The lowest BCUT2D eigenvalue weighted by atomic mass is 9.99. The summed E-state index contributed by atoms with van der Waals surface area (Å²) in [4.78, 5) is 0.